The number of piperidine rings is 1. The summed E-state index contributed by atoms with van der Waals surface area (Å²) in [6.07, 6.45) is 7.93. The molecule has 1 aromatic carbocycles. The van der Waals surface area contributed by atoms with Crippen LogP contribution in [0.5, 0.6) is 5.75 Å². The van der Waals surface area contributed by atoms with Crippen molar-refractivity contribution in [1.29, 1.82) is 0 Å². The Labute approximate surface area is 209 Å². The molecular formula is C27H30N4O3S. The van der Waals surface area contributed by atoms with Crippen LogP contribution in [0.3, 0.4) is 0 Å². The molecule has 2 N–H and O–H groups in total. The van der Waals surface area contributed by atoms with Crippen molar-refractivity contribution in [3.05, 3.63) is 64.2 Å². The van der Waals surface area contributed by atoms with E-state index in [0.29, 0.717) is 29.1 Å². The molecule has 0 radical (unpaired) electrons. The summed E-state index contributed by atoms with van der Waals surface area (Å²) in [5.41, 5.74) is 4.02. The van der Waals surface area contributed by atoms with E-state index in [1.807, 2.05) is 24.3 Å². The number of pyridine rings is 1. The Morgan fingerprint density at radius 1 is 1.23 bits per heavy atom. The number of nitrogens with zero attached hydrogens (tertiary/aromatic N) is 2. The van der Waals surface area contributed by atoms with E-state index in [2.05, 4.69) is 27.5 Å². The summed E-state index contributed by atoms with van der Waals surface area (Å²) in [5, 5.41) is 6.28. The molecule has 3 aromatic rings. The molecule has 0 aliphatic carbocycles. The lowest BCUT2D eigenvalue weighted by Gasteiger charge is -2.46. The summed E-state index contributed by atoms with van der Waals surface area (Å²) >= 11 is 1.50. The fraction of sp³-hybridized carbons (Fsp3) is 0.407. The van der Waals surface area contributed by atoms with E-state index in [9.17, 15) is 9.59 Å². The average Bonchev–Trinajstić information content (AvgIpc) is 3.42. The highest BCUT2D eigenvalue weighted by molar-refractivity contribution is 7.09. The van der Waals surface area contributed by atoms with Crippen molar-refractivity contribution >= 4 is 23.0 Å². The fourth-order valence-electron chi connectivity index (χ4n) is 5.09. The lowest BCUT2D eigenvalue weighted by atomic mass is 9.71. The molecule has 1 saturated heterocycles. The molecule has 1 spiro atoms. The standard InChI is InChI=1S/C27H30N4O3S/c1-2-3-4-22-25(32)21-13-18(6-8-24(21)34-27(22)9-11-28-12-10-27)23-7-5-19(14-30-23)26(33)31-16-20-15-29-17-35-20/h5-8,13-15,17,22,28H,2-4,9-12,16H2,1H3,(H,31,33)/t22-/m0/s1. The smallest absolute Gasteiger partial charge is 0.253 e. The van der Waals surface area contributed by atoms with Crippen LogP contribution in [0, 0.1) is 5.92 Å². The van der Waals surface area contributed by atoms with Gasteiger partial charge in [-0.2, -0.15) is 0 Å². The van der Waals surface area contributed by atoms with Crippen LogP contribution in [0.1, 0.15) is 64.6 Å². The van der Waals surface area contributed by atoms with Crippen molar-refractivity contribution < 1.29 is 14.3 Å². The molecule has 1 atom stereocenters. The van der Waals surface area contributed by atoms with E-state index in [0.717, 1.165) is 55.6 Å². The first kappa shape index (κ1) is 23.6. The first-order chi connectivity index (χ1) is 17.1. The zero-order valence-electron chi connectivity index (χ0n) is 19.9. The van der Waals surface area contributed by atoms with Crippen LogP contribution in [0.25, 0.3) is 11.3 Å². The average molecular weight is 491 g/mol. The largest absolute Gasteiger partial charge is 0.486 e. The zero-order chi connectivity index (χ0) is 24.3. The second kappa shape index (κ2) is 10.3. The number of aromatic nitrogens is 2. The lowest BCUT2D eigenvalue weighted by Crippen LogP contribution is -2.56. The van der Waals surface area contributed by atoms with Gasteiger partial charge in [0.05, 0.1) is 34.8 Å². The molecule has 7 nitrogen and oxygen atoms in total. The van der Waals surface area contributed by atoms with Gasteiger partial charge in [-0.15, -0.1) is 11.3 Å². The maximum atomic E-state index is 13.7. The van der Waals surface area contributed by atoms with Crippen molar-refractivity contribution in [2.75, 3.05) is 13.1 Å². The van der Waals surface area contributed by atoms with Gasteiger partial charge in [0.25, 0.3) is 5.91 Å². The quantitative estimate of drug-likeness (QED) is 0.501. The topological polar surface area (TPSA) is 93.2 Å². The number of benzene rings is 1. The van der Waals surface area contributed by atoms with Gasteiger partial charge in [0.15, 0.2) is 5.78 Å². The number of carbonyl (C=O) groups excluding carboxylic acids is 2. The number of rotatable bonds is 7. The second-order valence-corrected chi connectivity index (χ2v) is 10.2. The van der Waals surface area contributed by atoms with Gasteiger partial charge in [-0.1, -0.05) is 19.8 Å². The van der Waals surface area contributed by atoms with E-state index >= 15 is 0 Å². The minimum Gasteiger partial charge on any atom is -0.486 e. The SMILES string of the molecule is CCCC[C@H]1C(=O)c2cc(-c3ccc(C(=O)NCc4cncs4)cn3)ccc2OC12CCNCC2. The van der Waals surface area contributed by atoms with Crippen molar-refractivity contribution in [3.63, 3.8) is 0 Å². The number of amides is 1. The Morgan fingerprint density at radius 2 is 2.09 bits per heavy atom. The predicted octanol–water partition coefficient (Wildman–Crippen LogP) is 4.64. The molecule has 1 fully saturated rings. The van der Waals surface area contributed by atoms with Crippen LogP contribution in [0.2, 0.25) is 0 Å². The highest BCUT2D eigenvalue weighted by Gasteiger charge is 2.49. The van der Waals surface area contributed by atoms with Crippen molar-refractivity contribution in [1.82, 2.24) is 20.6 Å². The number of ether oxygens (including phenoxy) is 1. The van der Waals surface area contributed by atoms with Crippen LogP contribution < -0.4 is 15.4 Å². The summed E-state index contributed by atoms with van der Waals surface area (Å²) in [6.45, 7) is 4.34. The number of ketones is 1. The highest BCUT2D eigenvalue weighted by atomic mass is 32.1. The maximum Gasteiger partial charge on any atom is 0.253 e. The summed E-state index contributed by atoms with van der Waals surface area (Å²) in [7, 11) is 0. The molecule has 2 aliphatic heterocycles. The Morgan fingerprint density at radius 3 is 2.80 bits per heavy atom. The Kier molecular flexibility index (Phi) is 6.92. The number of nitrogens with one attached hydrogen (secondary N) is 2. The molecule has 0 bridgehead atoms. The minimum absolute atomic E-state index is 0.120. The zero-order valence-corrected chi connectivity index (χ0v) is 20.7. The number of hydrogen-bond acceptors (Lipinski definition) is 7. The first-order valence-electron chi connectivity index (χ1n) is 12.3. The van der Waals surface area contributed by atoms with Gasteiger partial charge in [-0.25, -0.2) is 0 Å². The minimum atomic E-state index is -0.404. The van der Waals surface area contributed by atoms with E-state index in [1.54, 1.807) is 24.0 Å². The van der Waals surface area contributed by atoms with Gasteiger partial charge in [0.1, 0.15) is 11.4 Å². The molecule has 182 valence electrons. The van der Waals surface area contributed by atoms with Gasteiger partial charge in [-0.05, 0) is 49.8 Å². The first-order valence-corrected chi connectivity index (χ1v) is 13.2. The number of hydrogen-bond donors (Lipinski definition) is 2. The van der Waals surface area contributed by atoms with E-state index in [1.165, 1.54) is 11.3 Å². The summed E-state index contributed by atoms with van der Waals surface area (Å²) in [5.74, 6) is 0.553. The molecule has 5 rings (SSSR count). The van der Waals surface area contributed by atoms with E-state index in [-0.39, 0.29) is 17.6 Å². The summed E-state index contributed by atoms with van der Waals surface area (Å²) in [6, 6.07) is 9.33. The maximum absolute atomic E-state index is 13.7. The van der Waals surface area contributed by atoms with Crippen LogP contribution in [-0.4, -0.2) is 40.3 Å². The molecule has 1 amide bonds. The molecule has 2 aliphatic rings. The van der Waals surface area contributed by atoms with E-state index < -0.39 is 5.60 Å². The lowest BCUT2D eigenvalue weighted by molar-refractivity contribution is -0.0239. The van der Waals surface area contributed by atoms with Gasteiger partial charge in [0.2, 0.25) is 0 Å². The second-order valence-electron chi connectivity index (χ2n) is 9.27. The third-order valence-corrected chi connectivity index (χ3v) is 7.81. The Balaban J connectivity index is 1.36. The van der Waals surface area contributed by atoms with Gasteiger partial charge in [0, 0.05) is 35.7 Å². The van der Waals surface area contributed by atoms with Crippen LogP contribution in [-0.2, 0) is 6.54 Å². The Hall–Kier alpha value is -3.10. The third kappa shape index (κ3) is 4.86. The predicted molar refractivity (Wildman–Crippen MR) is 136 cm³/mol. The number of fused-ring (bicyclic) bond motifs is 1. The number of unbranched alkanes of at least 4 members (excludes halogenated alkanes) is 1. The van der Waals surface area contributed by atoms with Crippen molar-refractivity contribution in [2.45, 2.75) is 51.2 Å². The van der Waals surface area contributed by atoms with Gasteiger partial charge >= 0.3 is 0 Å². The molecule has 0 unspecified atom stereocenters. The molecular weight excluding hydrogens is 460 g/mol. The summed E-state index contributed by atoms with van der Waals surface area (Å²) in [4.78, 5) is 35.7. The molecule has 8 heteroatoms. The van der Waals surface area contributed by atoms with Crippen LogP contribution in [0.15, 0.2) is 48.2 Å². The molecule has 0 saturated carbocycles. The normalized spacial score (nSPS) is 18.7. The molecule has 4 heterocycles. The van der Waals surface area contributed by atoms with Crippen LogP contribution >= 0.6 is 11.3 Å². The molecule has 35 heavy (non-hydrogen) atoms. The molecule has 2 aromatic heterocycles. The van der Waals surface area contributed by atoms with Crippen LogP contribution in [0.4, 0.5) is 0 Å². The van der Waals surface area contributed by atoms with Crippen molar-refractivity contribution in [3.8, 4) is 17.0 Å². The highest BCUT2D eigenvalue weighted by Crippen LogP contribution is 2.44. The van der Waals surface area contributed by atoms with Crippen molar-refractivity contribution in [2.24, 2.45) is 5.92 Å². The number of thiazole rings is 1. The number of Topliss-reactive ketones (excluding diaryl/α,β-unsaturated/α-hetero) is 1. The van der Waals surface area contributed by atoms with E-state index in [4.69, 9.17) is 4.74 Å². The van der Waals surface area contributed by atoms with Gasteiger partial charge < -0.3 is 15.4 Å². The van der Waals surface area contributed by atoms with Gasteiger partial charge in [-0.3, -0.25) is 19.6 Å². The number of carbonyl (C=O) groups is 2. The monoisotopic (exact) mass is 490 g/mol. The Bertz CT molecular complexity index is 1190. The summed E-state index contributed by atoms with van der Waals surface area (Å²) < 4.78 is 6.60. The fourth-order valence-corrected chi connectivity index (χ4v) is 5.62. The third-order valence-electron chi connectivity index (χ3n) is 7.03.